The molecule has 3 nitrogen and oxygen atoms in total. The Kier molecular flexibility index (Phi) is 2.43. The van der Waals surface area contributed by atoms with Crippen LogP contribution < -0.4 is 11.1 Å². The standard InChI is InChI=1S/C12H19N3/c1-12(2,3)8-4-5-11(14-7-8)15-10-6-9(10)13/h4-5,7,9-10H,6,13H2,1-3H3,(H,14,15). The molecule has 1 aliphatic carbocycles. The first-order valence-corrected chi connectivity index (χ1v) is 5.45. The van der Waals surface area contributed by atoms with Crippen molar-refractivity contribution in [1.82, 2.24) is 4.98 Å². The van der Waals surface area contributed by atoms with Crippen molar-refractivity contribution in [1.29, 1.82) is 0 Å². The molecule has 0 amide bonds. The Hall–Kier alpha value is -1.09. The smallest absolute Gasteiger partial charge is 0.126 e. The normalized spacial score (nSPS) is 25.1. The summed E-state index contributed by atoms with van der Waals surface area (Å²) in [6.45, 7) is 6.57. The molecule has 0 aliphatic heterocycles. The molecule has 1 aromatic rings. The topological polar surface area (TPSA) is 50.9 Å². The number of rotatable bonds is 2. The summed E-state index contributed by atoms with van der Waals surface area (Å²) >= 11 is 0. The summed E-state index contributed by atoms with van der Waals surface area (Å²) in [6.07, 6.45) is 3.00. The molecule has 2 unspecified atom stereocenters. The van der Waals surface area contributed by atoms with Gasteiger partial charge >= 0.3 is 0 Å². The first kappa shape index (κ1) is 10.4. The van der Waals surface area contributed by atoms with E-state index in [9.17, 15) is 0 Å². The van der Waals surface area contributed by atoms with Gasteiger partial charge in [0.15, 0.2) is 0 Å². The molecule has 1 fully saturated rings. The molecule has 0 radical (unpaired) electrons. The predicted molar refractivity (Wildman–Crippen MR) is 62.9 cm³/mol. The molecule has 15 heavy (non-hydrogen) atoms. The van der Waals surface area contributed by atoms with Gasteiger partial charge in [-0.15, -0.1) is 0 Å². The summed E-state index contributed by atoms with van der Waals surface area (Å²) in [5, 5.41) is 3.31. The van der Waals surface area contributed by atoms with Gasteiger partial charge in [-0.1, -0.05) is 26.8 Å². The highest BCUT2D eigenvalue weighted by Crippen LogP contribution is 2.25. The van der Waals surface area contributed by atoms with E-state index in [4.69, 9.17) is 5.73 Å². The van der Waals surface area contributed by atoms with Crippen molar-refractivity contribution in [2.24, 2.45) is 5.73 Å². The SMILES string of the molecule is CC(C)(C)c1ccc(NC2CC2N)nc1. The van der Waals surface area contributed by atoms with Crippen LogP contribution in [-0.4, -0.2) is 17.1 Å². The van der Waals surface area contributed by atoms with E-state index in [0.29, 0.717) is 12.1 Å². The van der Waals surface area contributed by atoms with Crippen LogP contribution in [0.2, 0.25) is 0 Å². The Balaban J connectivity index is 2.04. The fourth-order valence-electron chi connectivity index (χ4n) is 1.49. The van der Waals surface area contributed by atoms with Gasteiger partial charge in [0, 0.05) is 18.3 Å². The van der Waals surface area contributed by atoms with Crippen LogP contribution in [0.1, 0.15) is 32.8 Å². The number of nitrogens with one attached hydrogen (secondary N) is 1. The molecule has 0 bridgehead atoms. The maximum Gasteiger partial charge on any atom is 0.126 e. The van der Waals surface area contributed by atoms with Crippen molar-refractivity contribution in [2.45, 2.75) is 44.7 Å². The van der Waals surface area contributed by atoms with E-state index in [-0.39, 0.29) is 5.41 Å². The number of hydrogen-bond acceptors (Lipinski definition) is 3. The molecular weight excluding hydrogens is 186 g/mol. The van der Waals surface area contributed by atoms with Crippen LogP contribution in [0.4, 0.5) is 5.82 Å². The van der Waals surface area contributed by atoms with Gasteiger partial charge in [-0.3, -0.25) is 0 Å². The molecule has 2 atom stereocenters. The van der Waals surface area contributed by atoms with Gasteiger partial charge in [0.2, 0.25) is 0 Å². The fraction of sp³-hybridized carbons (Fsp3) is 0.583. The van der Waals surface area contributed by atoms with Gasteiger partial charge < -0.3 is 11.1 Å². The molecule has 2 rings (SSSR count). The molecule has 0 spiro atoms. The summed E-state index contributed by atoms with van der Waals surface area (Å²) < 4.78 is 0. The largest absolute Gasteiger partial charge is 0.366 e. The molecule has 1 heterocycles. The predicted octanol–water partition coefficient (Wildman–Crippen LogP) is 1.89. The molecule has 3 N–H and O–H groups in total. The Morgan fingerprint density at radius 2 is 2.07 bits per heavy atom. The minimum atomic E-state index is 0.168. The quantitative estimate of drug-likeness (QED) is 0.775. The Morgan fingerprint density at radius 3 is 2.47 bits per heavy atom. The van der Waals surface area contributed by atoms with Crippen molar-refractivity contribution in [2.75, 3.05) is 5.32 Å². The van der Waals surface area contributed by atoms with Gasteiger partial charge in [0.25, 0.3) is 0 Å². The number of aromatic nitrogens is 1. The number of pyridine rings is 1. The van der Waals surface area contributed by atoms with Crippen molar-refractivity contribution in [3.8, 4) is 0 Å². The van der Waals surface area contributed by atoms with Crippen LogP contribution in [0.25, 0.3) is 0 Å². The van der Waals surface area contributed by atoms with Crippen LogP contribution in [-0.2, 0) is 5.41 Å². The second-order valence-electron chi connectivity index (χ2n) is 5.33. The monoisotopic (exact) mass is 205 g/mol. The summed E-state index contributed by atoms with van der Waals surface area (Å²) in [5.41, 5.74) is 7.15. The fourth-order valence-corrected chi connectivity index (χ4v) is 1.49. The zero-order valence-electron chi connectivity index (χ0n) is 9.62. The van der Waals surface area contributed by atoms with Crippen LogP contribution in [0.5, 0.6) is 0 Å². The summed E-state index contributed by atoms with van der Waals surface area (Å²) in [4.78, 5) is 4.39. The van der Waals surface area contributed by atoms with Crippen LogP contribution in [0, 0.1) is 0 Å². The van der Waals surface area contributed by atoms with E-state index in [2.05, 4.69) is 37.1 Å². The van der Waals surface area contributed by atoms with E-state index >= 15 is 0 Å². The average Bonchev–Trinajstić information content (AvgIpc) is 2.81. The van der Waals surface area contributed by atoms with Crippen molar-refractivity contribution in [3.05, 3.63) is 23.9 Å². The lowest BCUT2D eigenvalue weighted by atomic mass is 9.88. The highest BCUT2D eigenvalue weighted by molar-refractivity contribution is 5.40. The van der Waals surface area contributed by atoms with E-state index in [1.165, 1.54) is 5.56 Å². The van der Waals surface area contributed by atoms with Crippen molar-refractivity contribution < 1.29 is 0 Å². The maximum absolute atomic E-state index is 5.72. The second kappa shape index (κ2) is 3.49. The molecule has 0 saturated heterocycles. The maximum atomic E-state index is 5.72. The van der Waals surface area contributed by atoms with Crippen molar-refractivity contribution in [3.63, 3.8) is 0 Å². The van der Waals surface area contributed by atoms with Gasteiger partial charge in [-0.2, -0.15) is 0 Å². The molecule has 3 heteroatoms. The number of anilines is 1. The first-order valence-electron chi connectivity index (χ1n) is 5.45. The highest BCUT2D eigenvalue weighted by atomic mass is 15.1. The van der Waals surface area contributed by atoms with E-state index in [0.717, 1.165) is 12.2 Å². The van der Waals surface area contributed by atoms with Crippen LogP contribution in [0.15, 0.2) is 18.3 Å². The third-order valence-corrected chi connectivity index (χ3v) is 2.80. The average molecular weight is 205 g/mol. The van der Waals surface area contributed by atoms with E-state index in [1.54, 1.807) is 0 Å². The summed E-state index contributed by atoms with van der Waals surface area (Å²) in [6, 6.07) is 4.90. The van der Waals surface area contributed by atoms with Crippen LogP contribution >= 0.6 is 0 Å². The summed E-state index contributed by atoms with van der Waals surface area (Å²) in [7, 11) is 0. The molecular formula is C12H19N3. The lowest BCUT2D eigenvalue weighted by Crippen LogP contribution is -2.15. The number of nitrogens with zero attached hydrogens (tertiary/aromatic N) is 1. The third kappa shape index (κ3) is 2.48. The third-order valence-electron chi connectivity index (χ3n) is 2.80. The first-order chi connectivity index (χ1) is 6.97. The Morgan fingerprint density at radius 1 is 1.40 bits per heavy atom. The highest BCUT2D eigenvalue weighted by Gasteiger charge is 2.33. The number of nitrogens with two attached hydrogens (primary N) is 1. The number of hydrogen-bond donors (Lipinski definition) is 2. The Labute approximate surface area is 91.1 Å². The zero-order valence-corrected chi connectivity index (χ0v) is 9.62. The van der Waals surface area contributed by atoms with Crippen molar-refractivity contribution >= 4 is 5.82 Å². The molecule has 1 aliphatic rings. The van der Waals surface area contributed by atoms with Gasteiger partial charge in [0.1, 0.15) is 5.82 Å². The van der Waals surface area contributed by atoms with E-state index in [1.807, 2.05) is 12.3 Å². The molecule has 1 aromatic heterocycles. The van der Waals surface area contributed by atoms with Gasteiger partial charge in [-0.25, -0.2) is 4.98 Å². The Bertz CT molecular complexity index is 337. The molecule has 1 saturated carbocycles. The minimum absolute atomic E-state index is 0.168. The lowest BCUT2D eigenvalue weighted by Gasteiger charge is -2.18. The molecule has 82 valence electrons. The zero-order chi connectivity index (χ0) is 11.1. The second-order valence-corrected chi connectivity index (χ2v) is 5.33. The minimum Gasteiger partial charge on any atom is -0.366 e. The van der Waals surface area contributed by atoms with Gasteiger partial charge in [0.05, 0.1) is 0 Å². The van der Waals surface area contributed by atoms with Gasteiger partial charge in [-0.05, 0) is 23.5 Å². The summed E-state index contributed by atoms with van der Waals surface area (Å²) in [5.74, 6) is 0.931. The van der Waals surface area contributed by atoms with E-state index < -0.39 is 0 Å². The lowest BCUT2D eigenvalue weighted by molar-refractivity contribution is 0.587. The van der Waals surface area contributed by atoms with Crippen LogP contribution in [0.3, 0.4) is 0 Å². The molecule has 0 aromatic carbocycles.